The van der Waals surface area contributed by atoms with Gasteiger partial charge in [-0.15, -0.1) is 0 Å². The van der Waals surface area contributed by atoms with Gasteiger partial charge in [-0.1, -0.05) is 38.8 Å². The molecule has 14 nitrogen and oxygen atoms in total. The Hall–Kier alpha value is -6.96. The Morgan fingerprint density at radius 2 is 1.07 bits per heavy atom. The van der Waals surface area contributed by atoms with Crippen LogP contribution < -0.4 is 9.47 Å². The third-order valence-electron chi connectivity index (χ3n) is 8.77. The fraction of sp³-hybridized carbons (Fsp3) is 0.220. The second kappa shape index (κ2) is 16.4. The van der Waals surface area contributed by atoms with Crippen LogP contribution in [0.1, 0.15) is 128 Å². The first-order valence-electron chi connectivity index (χ1n) is 17.4. The van der Waals surface area contributed by atoms with Crippen LogP contribution in [0.4, 0.5) is 0 Å². The SMILES string of the molecule is CCCCN(CCCC)C(=O)c1ccc(COC(=O)c2cc(OC(=O)c3ccc4c(c3)C(=O)OC4=O)ccc2OC(=O)c2ccc3c(c2)C(=O)OC3=O)cc1. The van der Waals surface area contributed by atoms with Gasteiger partial charge in [-0.2, -0.15) is 0 Å². The fourth-order valence-electron chi connectivity index (χ4n) is 5.74. The molecule has 55 heavy (non-hydrogen) atoms. The number of benzene rings is 4. The zero-order valence-corrected chi connectivity index (χ0v) is 29.7. The molecule has 0 aliphatic carbocycles. The topological polar surface area (TPSA) is 186 Å². The molecule has 0 saturated heterocycles. The van der Waals surface area contributed by atoms with Crippen LogP contribution >= 0.6 is 0 Å². The maximum Gasteiger partial charge on any atom is 0.346 e. The number of fused-ring (bicyclic) bond motifs is 2. The first kappa shape index (κ1) is 37.8. The molecule has 0 saturated carbocycles. The highest BCUT2D eigenvalue weighted by molar-refractivity contribution is 6.16. The number of ether oxygens (including phenoxy) is 5. The number of hydrogen-bond acceptors (Lipinski definition) is 13. The molecule has 0 spiro atoms. The summed E-state index contributed by atoms with van der Waals surface area (Å²) in [5, 5.41) is 0. The lowest BCUT2D eigenvalue weighted by atomic mass is 10.1. The van der Waals surface area contributed by atoms with Gasteiger partial charge in [0.25, 0.3) is 5.91 Å². The van der Waals surface area contributed by atoms with Crippen molar-refractivity contribution in [2.24, 2.45) is 0 Å². The lowest BCUT2D eigenvalue weighted by molar-refractivity contribution is 0.0425. The predicted molar refractivity (Wildman–Crippen MR) is 190 cm³/mol. The molecule has 280 valence electrons. The Kier molecular flexibility index (Phi) is 11.2. The Labute approximate surface area is 313 Å². The molecule has 0 unspecified atom stereocenters. The van der Waals surface area contributed by atoms with Crippen LogP contribution in [-0.2, 0) is 20.8 Å². The molecule has 1 amide bonds. The van der Waals surface area contributed by atoms with Crippen molar-refractivity contribution in [1.82, 2.24) is 4.90 Å². The normalized spacial score (nSPS) is 12.7. The molecule has 0 aromatic heterocycles. The highest BCUT2D eigenvalue weighted by Crippen LogP contribution is 2.29. The second-order valence-electron chi connectivity index (χ2n) is 12.6. The molecule has 0 N–H and O–H groups in total. The van der Waals surface area contributed by atoms with Crippen LogP contribution in [-0.4, -0.2) is 65.7 Å². The van der Waals surface area contributed by atoms with Crippen molar-refractivity contribution in [2.75, 3.05) is 13.1 Å². The second-order valence-corrected chi connectivity index (χ2v) is 12.6. The fourth-order valence-corrected chi connectivity index (χ4v) is 5.74. The molecule has 4 aromatic rings. The summed E-state index contributed by atoms with van der Waals surface area (Å²) in [6.07, 6.45) is 3.68. The average molecular weight is 748 g/mol. The minimum absolute atomic E-state index is 0.00762. The van der Waals surface area contributed by atoms with E-state index in [0.717, 1.165) is 43.9 Å². The van der Waals surface area contributed by atoms with E-state index in [9.17, 15) is 38.4 Å². The molecule has 4 aromatic carbocycles. The third-order valence-corrected chi connectivity index (χ3v) is 8.77. The van der Waals surface area contributed by atoms with Gasteiger partial charge >= 0.3 is 41.8 Å². The molecule has 0 bridgehead atoms. The van der Waals surface area contributed by atoms with Gasteiger partial charge in [0, 0.05) is 18.7 Å². The van der Waals surface area contributed by atoms with Crippen LogP contribution in [0.25, 0.3) is 0 Å². The van der Waals surface area contributed by atoms with Crippen LogP contribution in [0.15, 0.2) is 78.9 Å². The summed E-state index contributed by atoms with van der Waals surface area (Å²) in [7, 11) is 0. The number of cyclic esters (lactones) is 4. The van der Waals surface area contributed by atoms with Crippen LogP contribution in [0, 0.1) is 0 Å². The Balaban J connectivity index is 1.21. The first-order chi connectivity index (χ1) is 26.5. The minimum atomic E-state index is -1.000. The van der Waals surface area contributed by atoms with Crippen LogP contribution in [0.2, 0.25) is 0 Å². The summed E-state index contributed by atoms with van der Waals surface area (Å²) in [4.78, 5) is 103. The van der Waals surface area contributed by atoms with E-state index < -0.39 is 41.8 Å². The molecule has 0 atom stereocenters. The largest absolute Gasteiger partial charge is 0.457 e. The smallest absolute Gasteiger partial charge is 0.346 e. The first-order valence-corrected chi connectivity index (χ1v) is 17.4. The van der Waals surface area contributed by atoms with E-state index in [-0.39, 0.29) is 63.0 Å². The van der Waals surface area contributed by atoms with E-state index in [1.165, 1.54) is 36.4 Å². The number of rotatable bonds is 14. The number of hydrogen-bond donors (Lipinski definition) is 0. The zero-order chi connectivity index (χ0) is 39.2. The summed E-state index contributed by atoms with van der Waals surface area (Å²) in [6, 6.07) is 17.4. The Morgan fingerprint density at radius 3 is 1.62 bits per heavy atom. The third kappa shape index (κ3) is 8.33. The van der Waals surface area contributed by atoms with E-state index in [0.29, 0.717) is 24.2 Å². The number of nitrogens with zero attached hydrogens (tertiary/aromatic N) is 1. The quantitative estimate of drug-likeness (QED) is 0.0620. The maximum atomic E-state index is 13.6. The van der Waals surface area contributed by atoms with Crippen LogP contribution in [0.5, 0.6) is 11.5 Å². The summed E-state index contributed by atoms with van der Waals surface area (Å²) < 4.78 is 25.7. The van der Waals surface area contributed by atoms with E-state index in [2.05, 4.69) is 23.3 Å². The summed E-state index contributed by atoms with van der Waals surface area (Å²) in [5.41, 5.74) is 0.205. The number of carbonyl (C=O) groups is 8. The zero-order valence-electron chi connectivity index (χ0n) is 29.7. The van der Waals surface area contributed by atoms with E-state index in [1.807, 2.05) is 4.90 Å². The van der Waals surface area contributed by atoms with E-state index in [1.54, 1.807) is 24.3 Å². The molecule has 2 heterocycles. The van der Waals surface area contributed by atoms with Crippen molar-refractivity contribution in [3.05, 3.63) is 129 Å². The number of unbranched alkanes of at least 4 members (excludes halogenated alkanes) is 2. The lowest BCUT2D eigenvalue weighted by Crippen LogP contribution is -2.32. The van der Waals surface area contributed by atoms with Crippen molar-refractivity contribution in [1.29, 1.82) is 0 Å². The number of amides is 1. The Bertz CT molecular complexity index is 2250. The maximum absolute atomic E-state index is 13.6. The lowest BCUT2D eigenvalue weighted by Gasteiger charge is -2.22. The van der Waals surface area contributed by atoms with Gasteiger partial charge in [-0.3, -0.25) is 4.79 Å². The molecular weight excluding hydrogens is 714 g/mol. The molecule has 2 aliphatic rings. The summed E-state index contributed by atoms with van der Waals surface area (Å²) in [5.74, 6) is -7.04. The van der Waals surface area contributed by atoms with E-state index >= 15 is 0 Å². The van der Waals surface area contributed by atoms with Crippen molar-refractivity contribution >= 4 is 47.7 Å². The molecule has 0 fully saturated rings. The number of esters is 7. The predicted octanol–water partition coefficient (Wildman–Crippen LogP) is 6.15. The highest BCUT2D eigenvalue weighted by Gasteiger charge is 2.32. The van der Waals surface area contributed by atoms with Crippen molar-refractivity contribution < 1.29 is 62.0 Å². The molecule has 6 rings (SSSR count). The van der Waals surface area contributed by atoms with Gasteiger partial charge in [-0.25, -0.2) is 33.6 Å². The van der Waals surface area contributed by atoms with Crippen LogP contribution in [0.3, 0.4) is 0 Å². The minimum Gasteiger partial charge on any atom is -0.457 e. The molecule has 14 heteroatoms. The van der Waals surface area contributed by atoms with Gasteiger partial charge in [-0.05, 0) is 85.1 Å². The number of carbonyl (C=O) groups excluding carboxylic acids is 8. The van der Waals surface area contributed by atoms with Crippen molar-refractivity contribution in [2.45, 2.75) is 46.1 Å². The van der Waals surface area contributed by atoms with Gasteiger partial charge in [0.1, 0.15) is 23.7 Å². The van der Waals surface area contributed by atoms with Gasteiger partial charge in [0.2, 0.25) is 0 Å². The molecular formula is C41H33NO13. The molecule has 0 radical (unpaired) electrons. The van der Waals surface area contributed by atoms with Gasteiger partial charge in [0.05, 0.1) is 33.4 Å². The standard InChI is InChI=1S/C41H33NO13/c1-3-5-17-42(18-6-4-2)34(43)24-9-7-23(8-10-24)22-51-37(46)32-21-27(52-35(44)25-11-14-28-30(19-25)40(49)54-38(28)47)13-16-33(32)53-36(45)26-12-15-29-31(20-26)41(50)55-39(29)48/h7-16,19-21H,3-6,17-18,22H2,1-2H3. The Morgan fingerprint density at radius 1 is 0.564 bits per heavy atom. The van der Waals surface area contributed by atoms with Crippen molar-refractivity contribution in [3.8, 4) is 11.5 Å². The highest BCUT2D eigenvalue weighted by atomic mass is 16.6. The van der Waals surface area contributed by atoms with E-state index in [4.69, 9.17) is 14.2 Å². The van der Waals surface area contributed by atoms with Gasteiger partial charge < -0.3 is 28.6 Å². The molecule has 2 aliphatic heterocycles. The summed E-state index contributed by atoms with van der Waals surface area (Å²) in [6.45, 7) is 5.18. The van der Waals surface area contributed by atoms with Crippen molar-refractivity contribution in [3.63, 3.8) is 0 Å². The van der Waals surface area contributed by atoms with Gasteiger partial charge in [0.15, 0.2) is 0 Å². The average Bonchev–Trinajstić information content (AvgIpc) is 3.65. The summed E-state index contributed by atoms with van der Waals surface area (Å²) >= 11 is 0. The monoisotopic (exact) mass is 747 g/mol.